The molecule has 0 bridgehead atoms. The Balaban J connectivity index is 2.40. The van der Waals surface area contributed by atoms with Crippen molar-refractivity contribution in [3.8, 4) is 0 Å². The average Bonchev–Trinajstić information content (AvgIpc) is 2.42. The fourth-order valence-corrected chi connectivity index (χ4v) is 2.15. The molecule has 1 rings (SSSR count). The van der Waals surface area contributed by atoms with Gasteiger partial charge in [-0.2, -0.15) is 0 Å². The minimum Gasteiger partial charge on any atom is -0.373 e. The van der Waals surface area contributed by atoms with Crippen molar-refractivity contribution < 1.29 is 0 Å². The first-order valence-electron chi connectivity index (χ1n) is 7.89. The summed E-state index contributed by atoms with van der Waals surface area (Å²) in [6.45, 7) is 12.4. The van der Waals surface area contributed by atoms with Crippen LogP contribution in [0.3, 0.4) is 0 Å². The van der Waals surface area contributed by atoms with Gasteiger partial charge in [-0.15, -0.1) is 0 Å². The van der Waals surface area contributed by atoms with E-state index >= 15 is 0 Å². The molecule has 0 heterocycles. The largest absolute Gasteiger partial charge is 0.373 e. The Morgan fingerprint density at radius 1 is 0.850 bits per heavy atom. The highest BCUT2D eigenvalue weighted by atomic mass is 15.2. The highest BCUT2D eigenvalue weighted by molar-refractivity contribution is 5.47. The quantitative estimate of drug-likeness (QED) is 0.701. The average molecular weight is 276 g/mol. The van der Waals surface area contributed by atoms with E-state index in [-0.39, 0.29) is 0 Å². The summed E-state index contributed by atoms with van der Waals surface area (Å²) >= 11 is 0. The molecule has 0 fully saturated rings. The van der Waals surface area contributed by atoms with Crippen LogP contribution in [-0.4, -0.2) is 38.6 Å². The van der Waals surface area contributed by atoms with Gasteiger partial charge >= 0.3 is 0 Å². The summed E-state index contributed by atoms with van der Waals surface area (Å²) in [6, 6.07) is 8.98. The highest BCUT2D eigenvalue weighted by Gasteiger charge is 2.05. The Hall–Kier alpha value is -1.02. The van der Waals surface area contributed by atoms with Gasteiger partial charge in [0.1, 0.15) is 0 Å². The van der Waals surface area contributed by atoms with Crippen molar-refractivity contribution in [1.29, 1.82) is 0 Å². The number of nitrogens with zero attached hydrogens (tertiary/aromatic N) is 2. The van der Waals surface area contributed by atoms with Gasteiger partial charge in [-0.3, -0.25) is 0 Å². The molecule has 2 heteroatoms. The lowest BCUT2D eigenvalue weighted by molar-refractivity contribution is 0.317. The van der Waals surface area contributed by atoms with Gasteiger partial charge in [0.2, 0.25) is 0 Å². The molecule has 0 aliphatic heterocycles. The number of hydrogen-bond acceptors (Lipinski definition) is 2. The van der Waals surface area contributed by atoms with Crippen LogP contribution in [0.5, 0.6) is 0 Å². The smallest absolute Gasteiger partial charge is 0.0364 e. The number of anilines is 1. The molecule has 0 spiro atoms. The maximum Gasteiger partial charge on any atom is 0.0364 e. The molecule has 20 heavy (non-hydrogen) atoms. The van der Waals surface area contributed by atoms with E-state index in [4.69, 9.17) is 0 Å². The van der Waals surface area contributed by atoms with Gasteiger partial charge < -0.3 is 9.80 Å². The molecule has 0 radical (unpaired) electrons. The lowest BCUT2D eigenvalue weighted by atomic mass is 10.0. The molecule has 2 nitrogen and oxygen atoms in total. The molecular formula is C18H32N2. The Kier molecular flexibility index (Phi) is 7.08. The normalized spacial score (nSPS) is 11.7. The zero-order valence-corrected chi connectivity index (χ0v) is 14.2. The predicted octanol–water partition coefficient (Wildman–Crippen LogP) is 4.22. The molecule has 0 aliphatic rings. The van der Waals surface area contributed by atoms with Gasteiger partial charge in [0.15, 0.2) is 0 Å². The van der Waals surface area contributed by atoms with E-state index in [1.54, 1.807) is 0 Å². The maximum absolute atomic E-state index is 2.43. The third-order valence-electron chi connectivity index (χ3n) is 3.91. The lowest BCUT2D eigenvalue weighted by Gasteiger charge is -2.24. The number of benzene rings is 1. The Morgan fingerprint density at radius 3 is 1.95 bits per heavy atom. The van der Waals surface area contributed by atoms with Gasteiger partial charge in [-0.25, -0.2) is 0 Å². The van der Waals surface area contributed by atoms with Crippen LogP contribution in [0.4, 0.5) is 5.69 Å². The molecule has 0 saturated heterocycles. The molecular weight excluding hydrogens is 244 g/mol. The van der Waals surface area contributed by atoms with Crippen LogP contribution in [0.2, 0.25) is 0 Å². The van der Waals surface area contributed by atoms with Gasteiger partial charge in [0.25, 0.3) is 0 Å². The van der Waals surface area contributed by atoms with Crippen LogP contribution in [0, 0.1) is 5.92 Å². The molecule has 0 amide bonds. The van der Waals surface area contributed by atoms with E-state index in [0.717, 1.165) is 19.0 Å². The molecule has 1 aromatic carbocycles. The minimum absolute atomic E-state index is 0.608. The summed E-state index contributed by atoms with van der Waals surface area (Å²) in [5.41, 5.74) is 2.72. The van der Waals surface area contributed by atoms with Crippen LogP contribution < -0.4 is 4.90 Å². The Labute approximate surface area is 125 Å². The number of likely N-dealkylation sites (N-methyl/N-ethyl adjacent to an activating group) is 2. The number of hydrogen-bond donors (Lipinski definition) is 0. The van der Waals surface area contributed by atoms with Crippen LogP contribution in [0.1, 0.15) is 45.6 Å². The van der Waals surface area contributed by atoms with Crippen LogP contribution in [0.15, 0.2) is 24.3 Å². The molecule has 0 atom stereocenters. The molecule has 0 aliphatic carbocycles. The molecule has 0 saturated carbocycles. The van der Waals surface area contributed by atoms with Crippen molar-refractivity contribution in [1.82, 2.24) is 4.90 Å². The van der Waals surface area contributed by atoms with Crippen molar-refractivity contribution in [3.05, 3.63) is 29.8 Å². The van der Waals surface area contributed by atoms with Crippen LogP contribution >= 0.6 is 0 Å². The van der Waals surface area contributed by atoms with Crippen molar-refractivity contribution in [2.45, 2.75) is 40.0 Å². The predicted molar refractivity (Wildman–Crippen MR) is 90.8 cm³/mol. The zero-order valence-electron chi connectivity index (χ0n) is 14.2. The summed E-state index contributed by atoms with van der Waals surface area (Å²) in [6.07, 6.45) is 1.28. The fourth-order valence-electron chi connectivity index (χ4n) is 2.15. The molecule has 114 valence electrons. The van der Waals surface area contributed by atoms with Crippen molar-refractivity contribution in [2.75, 3.05) is 38.6 Å². The van der Waals surface area contributed by atoms with E-state index in [1.807, 2.05) is 0 Å². The van der Waals surface area contributed by atoms with Gasteiger partial charge in [-0.1, -0.05) is 39.8 Å². The molecule has 0 unspecified atom stereocenters. The first-order chi connectivity index (χ1) is 9.40. The second-order valence-electron chi connectivity index (χ2n) is 6.65. The summed E-state index contributed by atoms with van der Waals surface area (Å²) < 4.78 is 0. The van der Waals surface area contributed by atoms with E-state index in [9.17, 15) is 0 Å². The van der Waals surface area contributed by atoms with Crippen LogP contribution in [0.25, 0.3) is 0 Å². The SMILES string of the molecule is CC(C)CCN(C)CCN(C)c1ccc(C(C)C)cc1. The maximum atomic E-state index is 2.43. The second-order valence-corrected chi connectivity index (χ2v) is 6.65. The van der Waals surface area contributed by atoms with Gasteiger partial charge in [0, 0.05) is 25.8 Å². The monoisotopic (exact) mass is 276 g/mol. The fraction of sp³-hybridized carbons (Fsp3) is 0.667. The highest BCUT2D eigenvalue weighted by Crippen LogP contribution is 2.19. The first-order valence-corrected chi connectivity index (χ1v) is 7.89. The topological polar surface area (TPSA) is 6.48 Å². The van der Waals surface area contributed by atoms with Gasteiger partial charge in [0.05, 0.1) is 0 Å². The lowest BCUT2D eigenvalue weighted by Crippen LogP contribution is -2.31. The minimum atomic E-state index is 0.608. The van der Waals surface area contributed by atoms with E-state index in [2.05, 4.69) is 75.9 Å². The Bertz CT molecular complexity index is 368. The molecule has 0 aromatic heterocycles. The summed E-state index contributed by atoms with van der Waals surface area (Å²) in [7, 11) is 4.40. The summed E-state index contributed by atoms with van der Waals surface area (Å²) in [5, 5.41) is 0. The first kappa shape index (κ1) is 17.0. The van der Waals surface area contributed by atoms with Crippen molar-refractivity contribution in [2.24, 2.45) is 5.92 Å². The van der Waals surface area contributed by atoms with Crippen molar-refractivity contribution in [3.63, 3.8) is 0 Å². The third kappa shape index (κ3) is 5.96. The molecule has 0 N–H and O–H groups in total. The number of rotatable bonds is 8. The third-order valence-corrected chi connectivity index (χ3v) is 3.91. The zero-order chi connectivity index (χ0) is 15.1. The Morgan fingerprint density at radius 2 is 1.45 bits per heavy atom. The van der Waals surface area contributed by atoms with Crippen molar-refractivity contribution >= 4 is 5.69 Å². The van der Waals surface area contributed by atoms with E-state index in [1.165, 1.54) is 24.2 Å². The summed E-state index contributed by atoms with van der Waals surface area (Å²) in [4.78, 5) is 4.77. The molecule has 1 aromatic rings. The standard InChI is InChI=1S/C18H32N2/c1-15(2)11-12-19(5)13-14-20(6)18-9-7-17(8-10-18)16(3)4/h7-10,15-16H,11-14H2,1-6H3. The second kappa shape index (κ2) is 8.31. The van der Waals surface area contributed by atoms with E-state index < -0.39 is 0 Å². The summed E-state index contributed by atoms with van der Waals surface area (Å²) in [5.74, 6) is 1.40. The van der Waals surface area contributed by atoms with E-state index in [0.29, 0.717) is 5.92 Å². The van der Waals surface area contributed by atoms with Gasteiger partial charge in [-0.05, 0) is 49.5 Å². The van der Waals surface area contributed by atoms with Crippen LogP contribution in [-0.2, 0) is 0 Å².